The predicted molar refractivity (Wildman–Crippen MR) is 83.0 cm³/mol. The van der Waals surface area contributed by atoms with Crippen LogP contribution in [0.1, 0.15) is 29.7 Å². The van der Waals surface area contributed by atoms with E-state index in [-0.39, 0.29) is 6.61 Å². The van der Waals surface area contributed by atoms with Gasteiger partial charge >= 0.3 is 0 Å². The molecule has 1 heterocycles. The van der Waals surface area contributed by atoms with Crippen LogP contribution < -0.4 is 10.1 Å². The molecule has 0 spiro atoms. The van der Waals surface area contributed by atoms with Gasteiger partial charge in [0.2, 0.25) is 0 Å². The third-order valence-electron chi connectivity index (χ3n) is 4.02. The number of aliphatic hydroxyl groups excluding tert-OH is 1. The number of fused-ring (bicyclic) bond motifs is 1. The van der Waals surface area contributed by atoms with Gasteiger partial charge in [-0.15, -0.1) is 0 Å². The highest BCUT2D eigenvalue weighted by Gasteiger charge is 2.26. The summed E-state index contributed by atoms with van der Waals surface area (Å²) < 4.78 is 5.78. The van der Waals surface area contributed by atoms with E-state index < -0.39 is 0 Å². The third-order valence-corrected chi connectivity index (χ3v) is 4.02. The van der Waals surface area contributed by atoms with Gasteiger partial charge in [0.25, 0.3) is 0 Å². The average Bonchev–Trinajstić information content (AvgIpc) is 2.54. The van der Waals surface area contributed by atoms with E-state index in [0.717, 1.165) is 24.5 Å². The minimum absolute atomic E-state index is 0.0876. The van der Waals surface area contributed by atoms with Crippen molar-refractivity contribution in [1.29, 1.82) is 0 Å². The molecule has 0 saturated carbocycles. The van der Waals surface area contributed by atoms with Crippen LogP contribution in [0.25, 0.3) is 0 Å². The molecule has 2 aromatic carbocycles. The molecule has 1 aliphatic heterocycles. The van der Waals surface area contributed by atoms with Crippen molar-refractivity contribution in [3.63, 3.8) is 0 Å². The summed E-state index contributed by atoms with van der Waals surface area (Å²) in [6.45, 7) is 3.82. The highest BCUT2D eigenvalue weighted by molar-refractivity contribution is 5.38. The molecular formula is C18H21NO2. The Morgan fingerprint density at radius 2 is 1.95 bits per heavy atom. The van der Waals surface area contributed by atoms with E-state index in [1.54, 1.807) is 0 Å². The number of ether oxygens (including phenoxy) is 1. The molecule has 2 atom stereocenters. The Labute approximate surface area is 125 Å². The summed E-state index contributed by atoms with van der Waals surface area (Å²) in [6.07, 6.45) is 0. The minimum Gasteiger partial charge on any atom is -0.493 e. The Bertz CT molecular complexity index is 612. The summed E-state index contributed by atoms with van der Waals surface area (Å²) in [5.41, 5.74) is 3.38. The summed E-state index contributed by atoms with van der Waals surface area (Å²) in [6, 6.07) is 16.6. The van der Waals surface area contributed by atoms with Gasteiger partial charge in [0.15, 0.2) is 0 Å². The number of para-hydroxylation sites is 1. The molecule has 2 N–H and O–H groups in total. The van der Waals surface area contributed by atoms with Gasteiger partial charge in [-0.2, -0.15) is 0 Å². The zero-order valence-corrected chi connectivity index (χ0v) is 12.3. The van der Waals surface area contributed by atoms with Crippen LogP contribution in [0.2, 0.25) is 0 Å². The largest absolute Gasteiger partial charge is 0.493 e. The molecule has 110 valence electrons. The van der Waals surface area contributed by atoms with E-state index in [1.165, 1.54) is 11.1 Å². The fraction of sp³-hybridized carbons (Fsp3) is 0.333. The lowest BCUT2D eigenvalue weighted by molar-refractivity contribution is 0.188. The molecule has 0 amide bonds. The Morgan fingerprint density at radius 3 is 2.81 bits per heavy atom. The number of nitrogens with one attached hydrogen (secondary N) is 1. The van der Waals surface area contributed by atoms with E-state index in [4.69, 9.17) is 4.74 Å². The lowest BCUT2D eigenvalue weighted by Crippen LogP contribution is -2.33. The second-order valence-corrected chi connectivity index (χ2v) is 5.66. The zero-order chi connectivity index (χ0) is 14.7. The Hall–Kier alpha value is -1.84. The van der Waals surface area contributed by atoms with Crippen molar-refractivity contribution in [2.75, 3.05) is 6.61 Å². The van der Waals surface area contributed by atoms with Gasteiger partial charge < -0.3 is 15.2 Å². The molecule has 0 radical (unpaired) electrons. The van der Waals surface area contributed by atoms with Gasteiger partial charge in [0, 0.05) is 24.1 Å². The smallest absolute Gasteiger partial charge is 0.124 e. The first-order valence-electron chi connectivity index (χ1n) is 7.41. The van der Waals surface area contributed by atoms with Crippen molar-refractivity contribution in [2.45, 2.75) is 26.1 Å². The summed E-state index contributed by atoms with van der Waals surface area (Å²) >= 11 is 0. The van der Waals surface area contributed by atoms with Crippen LogP contribution in [0.4, 0.5) is 0 Å². The van der Waals surface area contributed by atoms with Gasteiger partial charge in [-0.05, 0) is 17.2 Å². The van der Waals surface area contributed by atoms with Gasteiger partial charge in [0.1, 0.15) is 5.75 Å². The highest BCUT2D eigenvalue weighted by Crippen LogP contribution is 2.35. The SMILES string of the molecule is CC1COc2ccccc2C1NCc1cccc(CO)c1. The van der Waals surface area contributed by atoms with Crippen molar-refractivity contribution < 1.29 is 9.84 Å². The second kappa shape index (κ2) is 6.29. The highest BCUT2D eigenvalue weighted by atomic mass is 16.5. The van der Waals surface area contributed by atoms with Crippen LogP contribution >= 0.6 is 0 Å². The summed E-state index contributed by atoms with van der Waals surface area (Å²) in [4.78, 5) is 0. The van der Waals surface area contributed by atoms with Crippen LogP contribution in [-0.2, 0) is 13.2 Å². The third kappa shape index (κ3) is 3.09. The second-order valence-electron chi connectivity index (χ2n) is 5.66. The molecule has 0 aliphatic carbocycles. The lowest BCUT2D eigenvalue weighted by atomic mass is 9.92. The minimum atomic E-state index is 0.0876. The first-order chi connectivity index (χ1) is 10.3. The molecular weight excluding hydrogens is 262 g/mol. The number of benzene rings is 2. The molecule has 3 rings (SSSR count). The van der Waals surface area contributed by atoms with E-state index in [1.807, 2.05) is 30.3 Å². The van der Waals surface area contributed by atoms with Crippen molar-refractivity contribution in [3.8, 4) is 5.75 Å². The van der Waals surface area contributed by atoms with E-state index in [2.05, 4.69) is 30.4 Å². The predicted octanol–water partition coefficient (Wildman–Crippen LogP) is 3.04. The fourth-order valence-corrected chi connectivity index (χ4v) is 2.87. The molecule has 3 nitrogen and oxygen atoms in total. The van der Waals surface area contributed by atoms with Crippen molar-refractivity contribution in [3.05, 3.63) is 65.2 Å². The van der Waals surface area contributed by atoms with Gasteiger partial charge in [-0.1, -0.05) is 49.4 Å². The van der Waals surface area contributed by atoms with Gasteiger partial charge in [-0.3, -0.25) is 0 Å². The maximum absolute atomic E-state index is 9.21. The molecule has 1 aliphatic rings. The molecule has 21 heavy (non-hydrogen) atoms. The standard InChI is InChI=1S/C18H21NO2/c1-13-12-21-17-8-3-2-7-16(17)18(13)19-10-14-5-4-6-15(9-14)11-20/h2-9,13,18-20H,10-12H2,1H3. The summed E-state index contributed by atoms with van der Waals surface area (Å²) in [5.74, 6) is 1.41. The normalized spacial score (nSPS) is 20.7. The van der Waals surface area contributed by atoms with Crippen LogP contribution in [0, 0.1) is 5.92 Å². The van der Waals surface area contributed by atoms with E-state index in [0.29, 0.717) is 12.0 Å². The van der Waals surface area contributed by atoms with Gasteiger partial charge in [0.05, 0.1) is 13.2 Å². The lowest BCUT2D eigenvalue weighted by Gasteiger charge is -2.32. The summed E-state index contributed by atoms with van der Waals surface area (Å²) in [7, 11) is 0. The molecule has 0 bridgehead atoms. The molecule has 0 saturated heterocycles. The van der Waals surface area contributed by atoms with Crippen molar-refractivity contribution in [1.82, 2.24) is 5.32 Å². The first-order valence-corrected chi connectivity index (χ1v) is 7.41. The average molecular weight is 283 g/mol. The molecule has 0 aromatic heterocycles. The van der Waals surface area contributed by atoms with Gasteiger partial charge in [-0.25, -0.2) is 0 Å². The Balaban J connectivity index is 1.75. The van der Waals surface area contributed by atoms with Crippen molar-refractivity contribution in [2.24, 2.45) is 5.92 Å². The van der Waals surface area contributed by atoms with Crippen LogP contribution in [-0.4, -0.2) is 11.7 Å². The quantitative estimate of drug-likeness (QED) is 0.906. The number of hydrogen-bond acceptors (Lipinski definition) is 3. The molecule has 2 aromatic rings. The summed E-state index contributed by atoms with van der Waals surface area (Å²) in [5, 5.41) is 12.8. The maximum Gasteiger partial charge on any atom is 0.124 e. The first kappa shape index (κ1) is 14.1. The van der Waals surface area contributed by atoms with Crippen LogP contribution in [0.15, 0.2) is 48.5 Å². The molecule has 2 unspecified atom stereocenters. The topological polar surface area (TPSA) is 41.5 Å². The Morgan fingerprint density at radius 1 is 1.14 bits per heavy atom. The van der Waals surface area contributed by atoms with E-state index in [9.17, 15) is 5.11 Å². The van der Waals surface area contributed by atoms with Crippen molar-refractivity contribution >= 4 is 0 Å². The fourth-order valence-electron chi connectivity index (χ4n) is 2.87. The number of hydrogen-bond donors (Lipinski definition) is 2. The number of aliphatic hydroxyl groups is 1. The van der Waals surface area contributed by atoms with Crippen LogP contribution in [0.3, 0.4) is 0 Å². The monoisotopic (exact) mass is 283 g/mol. The number of rotatable bonds is 4. The molecule has 0 fully saturated rings. The van der Waals surface area contributed by atoms with E-state index >= 15 is 0 Å². The zero-order valence-electron chi connectivity index (χ0n) is 12.3. The maximum atomic E-state index is 9.21. The Kier molecular flexibility index (Phi) is 4.23. The molecule has 3 heteroatoms. The van der Waals surface area contributed by atoms with Crippen LogP contribution in [0.5, 0.6) is 5.75 Å².